The summed E-state index contributed by atoms with van der Waals surface area (Å²) in [5.74, 6) is 0. The first-order valence-electron chi connectivity index (χ1n) is 6.13. The molecule has 0 saturated heterocycles. The molecule has 0 spiro atoms. The Hall–Kier alpha value is -1.02. The Morgan fingerprint density at radius 1 is 1.19 bits per heavy atom. The van der Waals surface area contributed by atoms with Gasteiger partial charge in [0.1, 0.15) is 0 Å². The van der Waals surface area contributed by atoms with Crippen molar-refractivity contribution < 1.29 is 0 Å². The molecule has 16 heavy (non-hydrogen) atoms. The Labute approximate surface area is 99.7 Å². The third-order valence-electron chi connectivity index (χ3n) is 3.07. The first-order chi connectivity index (χ1) is 7.57. The van der Waals surface area contributed by atoms with Gasteiger partial charge in [-0.25, -0.2) is 0 Å². The number of hydrogen-bond donors (Lipinski definition) is 1. The first-order valence-corrected chi connectivity index (χ1v) is 6.13. The van der Waals surface area contributed by atoms with E-state index in [0.717, 1.165) is 6.54 Å². The minimum atomic E-state index is 0.405. The monoisotopic (exact) mass is 220 g/mol. The average Bonchev–Trinajstić information content (AvgIpc) is 2.28. The molecule has 90 valence electrons. The van der Waals surface area contributed by atoms with E-state index >= 15 is 0 Å². The average molecular weight is 220 g/mol. The number of hydrogen-bond acceptors (Lipinski definition) is 2. The minimum Gasteiger partial charge on any atom is -0.372 e. The van der Waals surface area contributed by atoms with Crippen LogP contribution in [0.1, 0.15) is 39.3 Å². The molecule has 1 rings (SSSR count). The van der Waals surface area contributed by atoms with Crippen LogP contribution in [0.5, 0.6) is 0 Å². The van der Waals surface area contributed by atoms with Crippen LogP contribution in [-0.2, 0) is 0 Å². The molecule has 0 heterocycles. The van der Waals surface area contributed by atoms with Crippen LogP contribution in [0.15, 0.2) is 24.3 Å². The second-order valence-corrected chi connectivity index (χ2v) is 4.54. The highest BCUT2D eigenvalue weighted by Gasteiger charge is 2.13. The Morgan fingerprint density at radius 3 is 2.38 bits per heavy atom. The summed E-state index contributed by atoms with van der Waals surface area (Å²) in [6.07, 6.45) is 0. The number of nitrogens with zero attached hydrogens (tertiary/aromatic N) is 1. The third-order valence-corrected chi connectivity index (χ3v) is 3.07. The molecule has 1 aromatic rings. The molecule has 1 unspecified atom stereocenters. The van der Waals surface area contributed by atoms with Crippen LogP contribution in [0.2, 0.25) is 0 Å². The van der Waals surface area contributed by atoms with Crippen LogP contribution >= 0.6 is 0 Å². The minimum absolute atomic E-state index is 0.405. The lowest BCUT2D eigenvalue weighted by Gasteiger charge is -2.28. The van der Waals surface area contributed by atoms with E-state index in [9.17, 15) is 0 Å². The van der Waals surface area contributed by atoms with E-state index in [1.807, 2.05) is 0 Å². The molecule has 2 nitrogen and oxygen atoms in total. The van der Waals surface area contributed by atoms with Gasteiger partial charge in [0, 0.05) is 24.8 Å². The molecular weight excluding hydrogens is 196 g/mol. The molecule has 2 heteroatoms. The lowest BCUT2D eigenvalue weighted by atomic mass is 10.0. The van der Waals surface area contributed by atoms with Gasteiger partial charge >= 0.3 is 0 Å². The van der Waals surface area contributed by atoms with E-state index in [-0.39, 0.29) is 0 Å². The number of para-hydroxylation sites is 1. The summed E-state index contributed by atoms with van der Waals surface area (Å²) < 4.78 is 0. The van der Waals surface area contributed by atoms with Crippen LogP contribution in [0, 0.1) is 0 Å². The van der Waals surface area contributed by atoms with Gasteiger partial charge in [0.2, 0.25) is 0 Å². The van der Waals surface area contributed by atoms with Gasteiger partial charge < -0.3 is 10.2 Å². The second kappa shape index (κ2) is 5.90. The van der Waals surface area contributed by atoms with Crippen molar-refractivity contribution in [2.75, 3.05) is 18.5 Å². The molecule has 0 aliphatic carbocycles. The predicted octanol–water partition coefficient (Wildman–Crippen LogP) is 3.20. The number of nitrogens with one attached hydrogen (secondary N) is 1. The smallest absolute Gasteiger partial charge is 0.0414 e. The van der Waals surface area contributed by atoms with Gasteiger partial charge in [0.25, 0.3) is 0 Å². The van der Waals surface area contributed by atoms with Gasteiger partial charge in [-0.2, -0.15) is 0 Å². The summed E-state index contributed by atoms with van der Waals surface area (Å²) in [6, 6.07) is 9.56. The maximum Gasteiger partial charge on any atom is 0.0414 e. The molecule has 1 N–H and O–H groups in total. The maximum atomic E-state index is 3.47. The highest BCUT2D eigenvalue weighted by Crippen LogP contribution is 2.26. The van der Waals surface area contributed by atoms with Gasteiger partial charge in [-0.3, -0.25) is 0 Å². The molecule has 0 saturated carbocycles. The standard InChI is InChI=1S/C14H24N2/c1-6-15-12(4)13-9-7-8-10-14(13)16(5)11(2)3/h7-12,15H,6H2,1-5H3. The maximum absolute atomic E-state index is 3.47. The zero-order valence-electron chi connectivity index (χ0n) is 11.1. The molecule has 0 aliphatic rings. The van der Waals surface area contributed by atoms with Gasteiger partial charge in [0.05, 0.1) is 0 Å². The summed E-state index contributed by atoms with van der Waals surface area (Å²) in [6.45, 7) is 9.80. The summed E-state index contributed by atoms with van der Waals surface area (Å²) in [4.78, 5) is 2.32. The first kappa shape index (κ1) is 13.0. The molecule has 0 amide bonds. The normalized spacial score (nSPS) is 12.9. The Kier molecular flexibility index (Phi) is 4.81. The predicted molar refractivity (Wildman–Crippen MR) is 72.1 cm³/mol. The number of rotatable bonds is 5. The van der Waals surface area contributed by atoms with E-state index < -0.39 is 0 Å². The van der Waals surface area contributed by atoms with E-state index in [2.05, 4.69) is 69.2 Å². The van der Waals surface area contributed by atoms with Crippen molar-refractivity contribution in [2.24, 2.45) is 0 Å². The SMILES string of the molecule is CCNC(C)c1ccccc1N(C)C(C)C. The van der Waals surface area contributed by atoms with Crippen LogP contribution in [0.3, 0.4) is 0 Å². The molecule has 0 aliphatic heterocycles. The number of anilines is 1. The van der Waals surface area contributed by atoms with Crippen molar-refractivity contribution in [1.29, 1.82) is 0 Å². The third kappa shape index (κ3) is 2.99. The van der Waals surface area contributed by atoms with Gasteiger partial charge in [-0.1, -0.05) is 25.1 Å². The molecule has 0 fully saturated rings. The highest BCUT2D eigenvalue weighted by atomic mass is 15.1. The fourth-order valence-corrected chi connectivity index (χ4v) is 1.87. The summed E-state index contributed by atoms with van der Waals surface area (Å²) >= 11 is 0. The Bertz CT molecular complexity index is 320. The molecule has 0 aromatic heterocycles. The van der Waals surface area contributed by atoms with E-state index in [0.29, 0.717) is 12.1 Å². The van der Waals surface area contributed by atoms with Crippen molar-refractivity contribution in [2.45, 2.75) is 39.8 Å². The van der Waals surface area contributed by atoms with Crippen LogP contribution in [0.25, 0.3) is 0 Å². The van der Waals surface area contributed by atoms with Gasteiger partial charge in [0.15, 0.2) is 0 Å². The van der Waals surface area contributed by atoms with Crippen molar-refractivity contribution in [1.82, 2.24) is 5.32 Å². The number of benzene rings is 1. The molecule has 1 aromatic carbocycles. The zero-order chi connectivity index (χ0) is 12.1. The lowest BCUT2D eigenvalue weighted by Crippen LogP contribution is -2.28. The van der Waals surface area contributed by atoms with Crippen LogP contribution in [-0.4, -0.2) is 19.6 Å². The van der Waals surface area contributed by atoms with E-state index in [1.54, 1.807) is 0 Å². The van der Waals surface area contributed by atoms with Gasteiger partial charge in [-0.05, 0) is 38.9 Å². The van der Waals surface area contributed by atoms with E-state index in [4.69, 9.17) is 0 Å². The van der Waals surface area contributed by atoms with Crippen LogP contribution in [0.4, 0.5) is 5.69 Å². The summed E-state index contributed by atoms with van der Waals surface area (Å²) in [5.41, 5.74) is 2.70. The molecule has 0 radical (unpaired) electrons. The zero-order valence-corrected chi connectivity index (χ0v) is 11.1. The van der Waals surface area contributed by atoms with Crippen molar-refractivity contribution >= 4 is 5.69 Å². The largest absolute Gasteiger partial charge is 0.372 e. The lowest BCUT2D eigenvalue weighted by molar-refractivity contribution is 0.594. The van der Waals surface area contributed by atoms with Gasteiger partial charge in [-0.15, -0.1) is 0 Å². The molecule has 1 atom stereocenters. The van der Waals surface area contributed by atoms with E-state index in [1.165, 1.54) is 11.3 Å². The fourth-order valence-electron chi connectivity index (χ4n) is 1.87. The molecule has 0 bridgehead atoms. The summed E-state index contributed by atoms with van der Waals surface area (Å²) in [5, 5.41) is 3.47. The summed E-state index contributed by atoms with van der Waals surface area (Å²) in [7, 11) is 2.15. The quantitative estimate of drug-likeness (QED) is 0.819. The molecular formula is C14H24N2. The topological polar surface area (TPSA) is 15.3 Å². The van der Waals surface area contributed by atoms with Crippen molar-refractivity contribution in [3.05, 3.63) is 29.8 Å². The second-order valence-electron chi connectivity index (χ2n) is 4.54. The van der Waals surface area contributed by atoms with Crippen molar-refractivity contribution in [3.63, 3.8) is 0 Å². The van der Waals surface area contributed by atoms with Crippen molar-refractivity contribution in [3.8, 4) is 0 Å². The highest BCUT2D eigenvalue weighted by molar-refractivity contribution is 5.54. The Morgan fingerprint density at radius 2 is 1.81 bits per heavy atom. The fraction of sp³-hybridized carbons (Fsp3) is 0.571. The Balaban J connectivity index is 2.99. The van der Waals surface area contributed by atoms with Crippen LogP contribution < -0.4 is 10.2 Å².